The fraction of sp³-hybridized carbons (Fsp3) is 0.148. The first kappa shape index (κ1) is 25.4. The Morgan fingerprint density at radius 2 is 1.58 bits per heavy atom. The molecule has 184 valence electrons. The van der Waals surface area contributed by atoms with Crippen LogP contribution in [-0.4, -0.2) is 30.2 Å². The number of thiocarbonyl (C=S) groups is 1. The molecule has 1 aromatic heterocycles. The van der Waals surface area contributed by atoms with Gasteiger partial charge in [-0.1, -0.05) is 40.2 Å². The number of fused-ring (bicyclic) bond motifs is 1. The Labute approximate surface area is 222 Å². The van der Waals surface area contributed by atoms with Gasteiger partial charge in [0.1, 0.15) is 11.5 Å². The number of methoxy groups -OCH3 is 2. The van der Waals surface area contributed by atoms with Crippen molar-refractivity contribution in [2.75, 3.05) is 19.5 Å². The second-order valence-corrected chi connectivity index (χ2v) is 8.76. The average molecular weight is 566 g/mol. The Hall–Kier alpha value is -3.69. The standard InChI is InChI=1S/C27H24BrN3O4S/c1-33-24-14-21-22(15-25(24)34-2)29-12-11-23(21)35-20-9-7-19(8-10-20)30-27(36)31-26(32)13-17-3-5-18(16-28)6-4-17/h3-12,14-15H,13,16H2,1-2H3,(H2,30,31,32,36). The van der Waals surface area contributed by atoms with Gasteiger partial charge < -0.3 is 24.8 Å². The molecule has 4 rings (SSSR count). The molecular weight excluding hydrogens is 542 g/mol. The molecule has 36 heavy (non-hydrogen) atoms. The van der Waals surface area contributed by atoms with Crippen LogP contribution in [0.5, 0.6) is 23.0 Å². The van der Waals surface area contributed by atoms with E-state index in [-0.39, 0.29) is 17.4 Å². The zero-order valence-electron chi connectivity index (χ0n) is 19.7. The predicted molar refractivity (Wildman–Crippen MR) is 149 cm³/mol. The van der Waals surface area contributed by atoms with Gasteiger partial charge in [0.15, 0.2) is 16.6 Å². The molecule has 0 atom stereocenters. The number of hydrogen-bond donors (Lipinski definition) is 2. The van der Waals surface area contributed by atoms with Gasteiger partial charge in [0, 0.05) is 28.7 Å². The molecule has 0 saturated heterocycles. The van der Waals surface area contributed by atoms with Crippen LogP contribution in [0, 0.1) is 0 Å². The summed E-state index contributed by atoms with van der Waals surface area (Å²) in [6, 6.07) is 20.5. The van der Waals surface area contributed by atoms with Crippen LogP contribution in [0.25, 0.3) is 10.9 Å². The molecular formula is C27H24BrN3O4S. The summed E-state index contributed by atoms with van der Waals surface area (Å²) in [6.45, 7) is 0. The number of benzene rings is 3. The summed E-state index contributed by atoms with van der Waals surface area (Å²) < 4.78 is 16.9. The predicted octanol–water partition coefficient (Wildman–Crippen LogP) is 5.99. The van der Waals surface area contributed by atoms with Gasteiger partial charge in [-0.2, -0.15) is 0 Å². The van der Waals surface area contributed by atoms with Crippen LogP contribution >= 0.6 is 28.1 Å². The van der Waals surface area contributed by atoms with E-state index in [1.54, 1.807) is 26.5 Å². The number of nitrogens with one attached hydrogen (secondary N) is 2. The molecule has 0 aliphatic carbocycles. The van der Waals surface area contributed by atoms with Crippen molar-refractivity contribution in [3.63, 3.8) is 0 Å². The first-order valence-electron chi connectivity index (χ1n) is 11.0. The van der Waals surface area contributed by atoms with Gasteiger partial charge in [-0.3, -0.25) is 9.78 Å². The molecule has 0 aliphatic rings. The molecule has 0 unspecified atom stereocenters. The minimum Gasteiger partial charge on any atom is -0.493 e. The van der Waals surface area contributed by atoms with Gasteiger partial charge in [-0.25, -0.2) is 0 Å². The van der Waals surface area contributed by atoms with E-state index in [0.29, 0.717) is 23.0 Å². The van der Waals surface area contributed by atoms with E-state index in [1.807, 2.05) is 60.7 Å². The third-order valence-corrected chi connectivity index (χ3v) is 6.19. The van der Waals surface area contributed by atoms with Crippen molar-refractivity contribution in [2.45, 2.75) is 11.8 Å². The van der Waals surface area contributed by atoms with Crippen molar-refractivity contribution in [1.82, 2.24) is 10.3 Å². The Kier molecular flexibility index (Phi) is 8.35. The largest absolute Gasteiger partial charge is 0.493 e. The van der Waals surface area contributed by atoms with Gasteiger partial charge >= 0.3 is 0 Å². The number of alkyl halides is 1. The summed E-state index contributed by atoms with van der Waals surface area (Å²) in [4.78, 5) is 16.7. The molecule has 7 nitrogen and oxygen atoms in total. The number of carbonyl (C=O) groups is 1. The lowest BCUT2D eigenvalue weighted by molar-refractivity contribution is -0.119. The zero-order valence-corrected chi connectivity index (χ0v) is 22.1. The number of halogens is 1. The van der Waals surface area contributed by atoms with Gasteiger partial charge in [-0.15, -0.1) is 0 Å². The Morgan fingerprint density at radius 1 is 0.917 bits per heavy atom. The van der Waals surface area contributed by atoms with Crippen LogP contribution < -0.4 is 24.8 Å². The summed E-state index contributed by atoms with van der Waals surface area (Å²) in [5.41, 5.74) is 3.52. The zero-order chi connectivity index (χ0) is 25.5. The number of anilines is 1. The Balaban J connectivity index is 1.37. The third kappa shape index (κ3) is 6.30. The quantitative estimate of drug-likeness (QED) is 0.200. The molecule has 2 N–H and O–H groups in total. The van der Waals surface area contributed by atoms with Gasteiger partial charge in [0.25, 0.3) is 0 Å². The molecule has 3 aromatic carbocycles. The summed E-state index contributed by atoms with van der Waals surface area (Å²) in [5, 5.41) is 7.54. The maximum atomic E-state index is 12.3. The molecule has 0 fully saturated rings. The molecule has 1 amide bonds. The molecule has 0 radical (unpaired) electrons. The summed E-state index contributed by atoms with van der Waals surface area (Å²) >= 11 is 8.71. The Bertz CT molecular complexity index is 1380. The average Bonchev–Trinajstić information content (AvgIpc) is 2.89. The normalized spacial score (nSPS) is 10.5. The number of ether oxygens (including phenoxy) is 3. The van der Waals surface area contributed by atoms with Crippen molar-refractivity contribution in [3.05, 3.63) is 84.1 Å². The highest BCUT2D eigenvalue weighted by molar-refractivity contribution is 9.08. The number of aromatic nitrogens is 1. The summed E-state index contributed by atoms with van der Waals surface area (Å²) in [6.07, 6.45) is 1.92. The molecule has 4 aromatic rings. The van der Waals surface area contributed by atoms with Crippen molar-refractivity contribution in [3.8, 4) is 23.0 Å². The first-order valence-corrected chi connectivity index (χ1v) is 12.6. The fourth-order valence-electron chi connectivity index (χ4n) is 3.53. The van der Waals surface area contributed by atoms with E-state index in [9.17, 15) is 4.79 Å². The number of rotatable bonds is 8. The minimum atomic E-state index is -0.185. The van der Waals surface area contributed by atoms with E-state index in [0.717, 1.165) is 33.0 Å². The molecule has 0 aliphatic heterocycles. The topological polar surface area (TPSA) is 81.7 Å². The third-order valence-electron chi connectivity index (χ3n) is 5.34. The van der Waals surface area contributed by atoms with Crippen molar-refractivity contribution < 1.29 is 19.0 Å². The van der Waals surface area contributed by atoms with E-state index in [2.05, 4.69) is 31.5 Å². The van der Waals surface area contributed by atoms with Crippen LogP contribution in [0.3, 0.4) is 0 Å². The van der Waals surface area contributed by atoms with Crippen molar-refractivity contribution in [1.29, 1.82) is 0 Å². The van der Waals surface area contributed by atoms with E-state index in [4.69, 9.17) is 26.4 Å². The summed E-state index contributed by atoms with van der Waals surface area (Å²) in [7, 11) is 3.17. The van der Waals surface area contributed by atoms with Crippen LogP contribution in [0.2, 0.25) is 0 Å². The van der Waals surface area contributed by atoms with E-state index in [1.165, 1.54) is 0 Å². The molecule has 0 saturated carbocycles. The number of pyridine rings is 1. The van der Waals surface area contributed by atoms with Crippen molar-refractivity contribution in [2.24, 2.45) is 0 Å². The number of nitrogens with zero attached hydrogens (tertiary/aromatic N) is 1. The molecule has 9 heteroatoms. The SMILES string of the molecule is COc1cc2nccc(Oc3ccc(NC(=S)NC(=O)Cc4ccc(CBr)cc4)cc3)c2cc1OC. The van der Waals surface area contributed by atoms with Gasteiger partial charge in [-0.05, 0) is 59.7 Å². The van der Waals surface area contributed by atoms with Gasteiger partial charge in [0.2, 0.25) is 5.91 Å². The second-order valence-electron chi connectivity index (χ2n) is 7.79. The number of amides is 1. The molecule has 1 heterocycles. The van der Waals surface area contributed by atoms with Crippen LogP contribution in [0.4, 0.5) is 5.69 Å². The Morgan fingerprint density at radius 3 is 2.25 bits per heavy atom. The second kappa shape index (κ2) is 11.8. The smallest absolute Gasteiger partial charge is 0.230 e. The lowest BCUT2D eigenvalue weighted by atomic mass is 10.1. The monoisotopic (exact) mass is 565 g/mol. The maximum Gasteiger partial charge on any atom is 0.230 e. The molecule has 0 spiro atoms. The lowest BCUT2D eigenvalue weighted by Crippen LogP contribution is -2.35. The van der Waals surface area contributed by atoms with Gasteiger partial charge in [0.05, 0.1) is 26.2 Å². The molecule has 0 bridgehead atoms. The highest BCUT2D eigenvalue weighted by atomic mass is 79.9. The van der Waals surface area contributed by atoms with Crippen molar-refractivity contribution >= 4 is 55.8 Å². The summed E-state index contributed by atoms with van der Waals surface area (Å²) in [5.74, 6) is 2.27. The van der Waals surface area contributed by atoms with Crippen LogP contribution in [-0.2, 0) is 16.5 Å². The highest BCUT2D eigenvalue weighted by Gasteiger charge is 2.12. The number of carbonyl (C=O) groups excluding carboxylic acids is 1. The maximum absolute atomic E-state index is 12.3. The fourth-order valence-corrected chi connectivity index (χ4v) is 4.14. The van der Waals surface area contributed by atoms with Crippen LogP contribution in [0.1, 0.15) is 11.1 Å². The van der Waals surface area contributed by atoms with E-state index < -0.39 is 0 Å². The van der Waals surface area contributed by atoms with Crippen LogP contribution in [0.15, 0.2) is 72.9 Å². The highest BCUT2D eigenvalue weighted by Crippen LogP contribution is 2.36. The number of hydrogen-bond acceptors (Lipinski definition) is 6. The first-order chi connectivity index (χ1) is 17.5. The van der Waals surface area contributed by atoms with E-state index >= 15 is 0 Å². The lowest BCUT2D eigenvalue weighted by Gasteiger charge is -2.13. The minimum absolute atomic E-state index is 0.185.